The molecule has 0 aliphatic carbocycles. The first-order chi connectivity index (χ1) is 15.7. The minimum absolute atomic E-state index is 0.0370. The number of aromatic hydroxyl groups is 1. The third-order valence-electron chi connectivity index (χ3n) is 4.88. The molecule has 2 rings (SSSR count). The summed E-state index contributed by atoms with van der Waals surface area (Å²) < 4.78 is 85.6. The van der Waals surface area contributed by atoms with Crippen LogP contribution in [-0.2, 0) is 13.2 Å². The summed E-state index contributed by atoms with van der Waals surface area (Å²) in [5.74, 6) is -0.298. The Kier molecular flexibility index (Phi) is 8.22. The molecule has 186 valence electrons. The van der Waals surface area contributed by atoms with Crippen LogP contribution >= 0.6 is 0 Å². The Hall–Kier alpha value is -3.24. The van der Waals surface area contributed by atoms with E-state index in [1.807, 2.05) is 13.8 Å². The fourth-order valence-corrected chi connectivity index (χ4v) is 3.03. The third kappa shape index (κ3) is 6.42. The summed E-state index contributed by atoms with van der Waals surface area (Å²) >= 11 is 0. The fourth-order valence-electron chi connectivity index (χ4n) is 3.03. The van der Waals surface area contributed by atoms with Crippen LogP contribution in [0.3, 0.4) is 0 Å². The molecule has 5 nitrogen and oxygen atoms in total. The van der Waals surface area contributed by atoms with Crippen molar-refractivity contribution in [1.82, 2.24) is 9.78 Å². The molecule has 0 saturated carbocycles. The van der Waals surface area contributed by atoms with Crippen LogP contribution in [0, 0.1) is 5.92 Å². The van der Waals surface area contributed by atoms with Gasteiger partial charge in [0.05, 0.1) is 17.9 Å². The van der Waals surface area contributed by atoms with Crippen molar-refractivity contribution in [2.45, 2.75) is 39.5 Å². The van der Waals surface area contributed by atoms with E-state index in [0.717, 1.165) is 32.3 Å². The summed E-state index contributed by atoms with van der Waals surface area (Å²) in [6, 6.07) is 3.40. The normalized spacial score (nSPS) is 13.5. The number of phenolic OH excluding ortho intramolecular Hbond substituents is 1. The van der Waals surface area contributed by atoms with Crippen molar-refractivity contribution in [3.63, 3.8) is 0 Å². The largest absolute Gasteiger partial charge is 0.506 e. The average Bonchev–Trinajstić information content (AvgIpc) is 3.08. The van der Waals surface area contributed by atoms with Crippen LogP contribution in [0.1, 0.15) is 38.4 Å². The van der Waals surface area contributed by atoms with E-state index in [1.54, 1.807) is 0 Å². The van der Waals surface area contributed by atoms with E-state index in [1.165, 1.54) is 12.1 Å². The molecule has 1 aromatic carbocycles. The highest BCUT2D eigenvalue weighted by atomic mass is 19.4. The maximum atomic E-state index is 13.2. The highest BCUT2D eigenvalue weighted by molar-refractivity contribution is 5.87. The minimum atomic E-state index is -4.69. The fraction of sp³-hybridized carbons (Fsp3) is 0.391. The average molecular weight is 489 g/mol. The smallest absolute Gasteiger partial charge is 0.433 e. The van der Waals surface area contributed by atoms with Crippen molar-refractivity contribution < 1.29 is 36.2 Å². The van der Waals surface area contributed by atoms with Crippen LogP contribution in [0.2, 0.25) is 0 Å². The highest BCUT2D eigenvalue weighted by Crippen LogP contribution is 2.44. The quantitative estimate of drug-likeness (QED) is 0.252. The number of aliphatic imine (C=N–C) groups is 1. The molecule has 1 aromatic heterocycles. The van der Waals surface area contributed by atoms with Gasteiger partial charge in [-0.25, -0.2) is 0 Å². The molecule has 1 heterocycles. The van der Waals surface area contributed by atoms with Crippen molar-refractivity contribution >= 4 is 12.3 Å². The number of aryl methyl sites for hydroxylation is 1. The maximum Gasteiger partial charge on any atom is 0.433 e. The lowest BCUT2D eigenvalue weighted by Gasteiger charge is -2.17. The molecule has 0 aliphatic heterocycles. The van der Waals surface area contributed by atoms with Gasteiger partial charge in [0.2, 0.25) is 0 Å². The third-order valence-corrected chi connectivity index (χ3v) is 4.88. The number of nitrogens with zero attached hydrogens (tertiary/aromatic N) is 3. The van der Waals surface area contributed by atoms with E-state index in [9.17, 15) is 31.4 Å². The molecule has 1 N–H and O–H groups in total. The lowest BCUT2D eigenvalue weighted by Crippen LogP contribution is -2.11. The Morgan fingerprint density at radius 1 is 1.24 bits per heavy atom. The van der Waals surface area contributed by atoms with E-state index in [-0.39, 0.29) is 40.7 Å². The Bertz CT molecular complexity index is 1100. The summed E-state index contributed by atoms with van der Waals surface area (Å²) in [5.41, 5.74) is -2.74. The van der Waals surface area contributed by atoms with Crippen LogP contribution in [0.5, 0.6) is 11.5 Å². The first kappa shape index (κ1) is 27.0. The predicted octanol–water partition coefficient (Wildman–Crippen LogP) is 6.79. The molecule has 0 unspecified atom stereocenters. The van der Waals surface area contributed by atoms with Gasteiger partial charge in [-0.3, -0.25) is 9.67 Å². The van der Waals surface area contributed by atoms with Crippen molar-refractivity contribution in [2.24, 2.45) is 18.0 Å². The van der Waals surface area contributed by atoms with Gasteiger partial charge in [-0.1, -0.05) is 13.8 Å². The molecule has 0 bridgehead atoms. The number of benzene rings is 1. The van der Waals surface area contributed by atoms with Crippen molar-refractivity contribution in [3.8, 4) is 22.8 Å². The molecular weight excluding hydrogens is 464 g/mol. The second-order valence-corrected chi connectivity index (χ2v) is 7.99. The molecule has 2 aromatic rings. The maximum absolute atomic E-state index is 13.2. The Morgan fingerprint density at radius 3 is 2.38 bits per heavy atom. The number of halogens is 6. The number of hydrogen-bond donors (Lipinski definition) is 1. The number of allylic oxidation sites excluding steroid dienone is 3. The SMILES string of the molecule is C=N/C=C(\C=C(/C)C(F)(F)F)c1c(OCCC(C)C)ccc(-c2cc(C(F)(F)F)n(C)n2)c1O. The van der Waals surface area contributed by atoms with Crippen molar-refractivity contribution in [3.05, 3.63) is 47.3 Å². The molecule has 0 amide bonds. The molecule has 0 radical (unpaired) electrons. The van der Waals surface area contributed by atoms with E-state index in [4.69, 9.17) is 4.74 Å². The van der Waals surface area contributed by atoms with Gasteiger partial charge in [0, 0.05) is 30.0 Å². The van der Waals surface area contributed by atoms with Crippen LogP contribution in [0.4, 0.5) is 26.3 Å². The highest BCUT2D eigenvalue weighted by Gasteiger charge is 2.36. The zero-order valence-electron chi connectivity index (χ0n) is 19.1. The minimum Gasteiger partial charge on any atom is -0.506 e. The van der Waals surface area contributed by atoms with Gasteiger partial charge in [-0.2, -0.15) is 31.4 Å². The number of rotatable bonds is 8. The van der Waals surface area contributed by atoms with E-state index in [0.29, 0.717) is 11.1 Å². The second kappa shape index (κ2) is 10.4. The van der Waals surface area contributed by atoms with Gasteiger partial charge in [0.1, 0.15) is 17.2 Å². The summed E-state index contributed by atoms with van der Waals surface area (Å²) in [6.07, 6.45) is -6.98. The molecule has 0 atom stereocenters. The molecule has 0 spiro atoms. The standard InChI is InChI=1S/C23H25F6N3O2/c1-13(2)8-9-34-18-7-6-16(17-11-19(23(27,28)29)32(5)31-17)21(33)20(18)15(12-30-4)10-14(3)22(24,25)26/h6-7,10-13,33H,4,8-9H2,1-3,5H3/b14-10+,15-12+. The summed E-state index contributed by atoms with van der Waals surface area (Å²) in [4.78, 5) is 3.53. The van der Waals surface area contributed by atoms with Gasteiger partial charge in [0.15, 0.2) is 0 Å². The lowest BCUT2D eigenvalue weighted by molar-refractivity contribution is -0.143. The predicted molar refractivity (Wildman–Crippen MR) is 118 cm³/mol. The van der Waals surface area contributed by atoms with Crippen LogP contribution in [0.15, 0.2) is 41.0 Å². The summed E-state index contributed by atoms with van der Waals surface area (Å²) in [6.45, 7) is 8.20. The number of ether oxygens (including phenoxy) is 1. The molecule has 34 heavy (non-hydrogen) atoms. The second-order valence-electron chi connectivity index (χ2n) is 7.99. The lowest BCUT2D eigenvalue weighted by atomic mass is 9.97. The summed E-state index contributed by atoms with van der Waals surface area (Å²) in [5, 5.41) is 14.8. The number of phenols is 1. The monoisotopic (exact) mass is 489 g/mol. The number of alkyl halides is 6. The van der Waals surface area contributed by atoms with Gasteiger partial charge in [0.25, 0.3) is 0 Å². The Morgan fingerprint density at radius 2 is 1.88 bits per heavy atom. The Balaban J connectivity index is 2.74. The molecular formula is C23H25F6N3O2. The van der Waals surface area contributed by atoms with Crippen LogP contribution in [-0.4, -0.2) is 34.4 Å². The van der Waals surface area contributed by atoms with Crippen molar-refractivity contribution in [1.29, 1.82) is 0 Å². The van der Waals surface area contributed by atoms with Crippen LogP contribution < -0.4 is 4.74 Å². The van der Waals surface area contributed by atoms with Gasteiger partial charge < -0.3 is 9.84 Å². The summed E-state index contributed by atoms with van der Waals surface area (Å²) in [7, 11) is 1.09. The number of hydrogen-bond acceptors (Lipinski definition) is 4. The molecule has 11 heteroatoms. The Labute approximate surface area is 193 Å². The van der Waals surface area contributed by atoms with Gasteiger partial charge in [-0.05, 0) is 50.3 Å². The van der Waals surface area contributed by atoms with E-state index >= 15 is 0 Å². The zero-order chi connectivity index (χ0) is 25.8. The van der Waals surface area contributed by atoms with Crippen LogP contribution in [0.25, 0.3) is 16.8 Å². The van der Waals surface area contributed by atoms with E-state index in [2.05, 4.69) is 16.8 Å². The van der Waals surface area contributed by atoms with Gasteiger partial charge >= 0.3 is 12.4 Å². The first-order valence-electron chi connectivity index (χ1n) is 10.2. The molecule has 0 fully saturated rings. The van der Waals surface area contributed by atoms with Crippen molar-refractivity contribution in [2.75, 3.05) is 6.61 Å². The van der Waals surface area contributed by atoms with E-state index < -0.39 is 29.4 Å². The topological polar surface area (TPSA) is 59.6 Å². The molecule has 0 aliphatic rings. The zero-order valence-corrected chi connectivity index (χ0v) is 19.1. The number of aromatic nitrogens is 2. The molecule has 0 saturated heterocycles. The van der Waals surface area contributed by atoms with Gasteiger partial charge in [-0.15, -0.1) is 0 Å². The first-order valence-corrected chi connectivity index (χ1v) is 10.2.